The van der Waals surface area contributed by atoms with Crippen LogP contribution in [0.1, 0.15) is 17.0 Å². The standard InChI is InChI=1S/C15H25N3O4/c1-9-11(10(2)17-16-9)6-14(19)18(3)12-7-22-8-13(20-4)15(12)21-5/h12-13,15H,6-8H2,1-5H3,(H,16,17)/t12-,13-,15+/m1/s1. The van der Waals surface area contributed by atoms with E-state index in [0.29, 0.717) is 19.6 Å². The average molecular weight is 311 g/mol. The maximum absolute atomic E-state index is 12.6. The Morgan fingerprint density at radius 2 is 2.09 bits per heavy atom. The van der Waals surface area contributed by atoms with E-state index in [0.717, 1.165) is 17.0 Å². The quantitative estimate of drug-likeness (QED) is 0.855. The highest BCUT2D eigenvalue weighted by atomic mass is 16.6. The molecule has 124 valence electrons. The molecule has 1 fully saturated rings. The van der Waals surface area contributed by atoms with Gasteiger partial charge in [-0.2, -0.15) is 5.10 Å². The molecule has 1 aliphatic rings. The molecular weight excluding hydrogens is 286 g/mol. The van der Waals surface area contributed by atoms with Crippen LogP contribution in [0.2, 0.25) is 0 Å². The van der Waals surface area contributed by atoms with Gasteiger partial charge in [-0.3, -0.25) is 9.89 Å². The van der Waals surface area contributed by atoms with E-state index in [1.165, 1.54) is 0 Å². The summed E-state index contributed by atoms with van der Waals surface area (Å²) in [6, 6.07) is -0.163. The summed E-state index contributed by atoms with van der Waals surface area (Å²) in [6.07, 6.45) is -0.0504. The van der Waals surface area contributed by atoms with Gasteiger partial charge in [-0.1, -0.05) is 0 Å². The third-order valence-electron chi connectivity index (χ3n) is 4.39. The zero-order chi connectivity index (χ0) is 16.3. The van der Waals surface area contributed by atoms with Gasteiger partial charge in [-0.25, -0.2) is 0 Å². The zero-order valence-electron chi connectivity index (χ0n) is 13.9. The SMILES string of the molecule is CO[C@H]1[C@H](N(C)C(=O)Cc2c(C)n[nH]c2C)COC[C@H]1OC. The van der Waals surface area contributed by atoms with E-state index < -0.39 is 0 Å². The molecule has 1 saturated heterocycles. The van der Waals surface area contributed by atoms with Crippen LogP contribution in [0.3, 0.4) is 0 Å². The number of carbonyl (C=O) groups excluding carboxylic acids is 1. The van der Waals surface area contributed by atoms with Crippen molar-refractivity contribution >= 4 is 5.91 Å². The Morgan fingerprint density at radius 1 is 1.36 bits per heavy atom. The fraction of sp³-hybridized carbons (Fsp3) is 0.733. The Bertz CT molecular complexity index is 497. The van der Waals surface area contributed by atoms with Crippen LogP contribution in [0.5, 0.6) is 0 Å². The van der Waals surface area contributed by atoms with E-state index in [-0.39, 0.29) is 24.2 Å². The number of hydrogen-bond donors (Lipinski definition) is 1. The number of hydrogen-bond acceptors (Lipinski definition) is 5. The predicted octanol–water partition coefficient (Wildman–Crippen LogP) is 0.456. The number of aromatic amines is 1. The molecular formula is C15H25N3O4. The molecule has 1 N–H and O–H groups in total. The monoisotopic (exact) mass is 311 g/mol. The van der Waals surface area contributed by atoms with Crippen molar-refractivity contribution in [2.45, 2.75) is 38.5 Å². The average Bonchev–Trinajstić information content (AvgIpc) is 2.84. The molecule has 1 amide bonds. The predicted molar refractivity (Wildman–Crippen MR) is 80.7 cm³/mol. The van der Waals surface area contributed by atoms with Crippen LogP contribution < -0.4 is 0 Å². The molecule has 7 heteroatoms. The number of nitrogens with zero attached hydrogens (tertiary/aromatic N) is 2. The first-order chi connectivity index (χ1) is 10.5. The number of rotatable bonds is 5. The smallest absolute Gasteiger partial charge is 0.227 e. The van der Waals surface area contributed by atoms with E-state index in [9.17, 15) is 4.79 Å². The Hall–Kier alpha value is -1.44. The molecule has 2 rings (SSSR count). The number of H-pyrrole nitrogens is 1. The number of ether oxygens (including phenoxy) is 3. The maximum atomic E-state index is 12.6. The third kappa shape index (κ3) is 3.31. The minimum Gasteiger partial charge on any atom is -0.376 e. The van der Waals surface area contributed by atoms with E-state index in [2.05, 4.69) is 10.2 Å². The number of likely N-dealkylation sites (N-methyl/N-ethyl adjacent to an activating group) is 1. The summed E-state index contributed by atoms with van der Waals surface area (Å²) in [5, 5.41) is 7.04. The molecule has 0 aromatic carbocycles. The normalized spacial score (nSPS) is 25.2. The molecule has 22 heavy (non-hydrogen) atoms. The molecule has 0 aliphatic carbocycles. The Kier molecular flexibility index (Phi) is 5.55. The number of aromatic nitrogens is 2. The Morgan fingerprint density at radius 3 is 2.64 bits per heavy atom. The number of methoxy groups -OCH3 is 2. The van der Waals surface area contributed by atoms with Crippen molar-refractivity contribution in [2.75, 3.05) is 34.5 Å². The van der Waals surface area contributed by atoms with Crippen LogP contribution in [0.15, 0.2) is 0 Å². The summed E-state index contributed by atoms with van der Waals surface area (Å²) in [7, 11) is 5.05. The van der Waals surface area contributed by atoms with Crippen molar-refractivity contribution in [3.8, 4) is 0 Å². The number of aryl methyl sites for hydroxylation is 2. The molecule has 0 bridgehead atoms. The molecule has 1 aromatic heterocycles. The fourth-order valence-corrected chi connectivity index (χ4v) is 2.88. The third-order valence-corrected chi connectivity index (χ3v) is 4.39. The number of nitrogens with one attached hydrogen (secondary N) is 1. The van der Waals surface area contributed by atoms with Gasteiger partial charge in [0.15, 0.2) is 0 Å². The summed E-state index contributed by atoms with van der Waals surface area (Å²) in [4.78, 5) is 14.3. The lowest BCUT2D eigenvalue weighted by Gasteiger charge is -2.40. The lowest BCUT2D eigenvalue weighted by Crippen LogP contribution is -2.57. The molecule has 1 aromatic rings. The Labute approximate surface area is 130 Å². The summed E-state index contributed by atoms with van der Waals surface area (Å²) in [5.41, 5.74) is 2.74. The van der Waals surface area contributed by atoms with Crippen LogP contribution in [0, 0.1) is 13.8 Å². The van der Waals surface area contributed by atoms with Gasteiger partial charge < -0.3 is 19.1 Å². The van der Waals surface area contributed by atoms with Crippen LogP contribution >= 0.6 is 0 Å². The highest BCUT2D eigenvalue weighted by molar-refractivity contribution is 5.79. The molecule has 0 radical (unpaired) electrons. The van der Waals surface area contributed by atoms with Gasteiger partial charge in [0.1, 0.15) is 12.2 Å². The molecule has 2 heterocycles. The fourth-order valence-electron chi connectivity index (χ4n) is 2.88. The van der Waals surface area contributed by atoms with Gasteiger partial charge in [-0.15, -0.1) is 0 Å². The second-order valence-corrected chi connectivity index (χ2v) is 5.67. The first-order valence-corrected chi connectivity index (χ1v) is 7.39. The minimum absolute atomic E-state index is 0.0139. The van der Waals surface area contributed by atoms with Crippen molar-refractivity contribution < 1.29 is 19.0 Å². The van der Waals surface area contributed by atoms with Gasteiger partial charge in [0.2, 0.25) is 5.91 Å². The van der Waals surface area contributed by atoms with Crippen LogP contribution in [-0.2, 0) is 25.4 Å². The van der Waals surface area contributed by atoms with Crippen molar-refractivity contribution in [3.05, 3.63) is 17.0 Å². The van der Waals surface area contributed by atoms with Gasteiger partial charge in [0, 0.05) is 32.5 Å². The highest BCUT2D eigenvalue weighted by Gasteiger charge is 2.38. The summed E-state index contributed by atoms with van der Waals surface area (Å²) < 4.78 is 16.5. The zero-order valence-corrected chi connectivity index (χ0v) is 13.9. The molecule has 7 nitrogen and oxygen atoms in total. The van der Waals surface area contributed by atoms with E-state index in [1.54, 1.807) is 26.2 Å². The highest BCUT2D eigenvalue weighted by Crippen LogP contribution is 2.20. The molecule has 0 spiro atoms. The van der Waals surface area contributed by atoms with Crippen molar-refractivity contribution in [2.24, 2.45) is 0 Å². The Balaban J connectivity index is 2.09. The van der Waals surface area contributed by atoms with Crippen LogP contribution in [0.25, 0.3) is 0 Å². The molecule has 1 aliphatic heterocycles. The minimum atomic E-state index is -0.195. The number of amides is 1. The van der Waals surface area contributed by atoms with Gasteiger partial charge in [0.05, 0.1) is 31.4 Å². The molecule has 3 atom stereocenters. The second-order valence-electron chi connectivity index (χ2n) is 5.67. The van der Waals surface area contributed by atoms with Crippen molar-refractivity contribution in [1.82, 2.24) is 15.1 Å². The summed E-state index contributed by atoms with van der Waals surface area (Å²) >= 11 is 0. The first-order valence-electron chi connectivity index (χ1n) is 7.39. The van der Waals surface area contributed by atoms with E-state index >= 15 is 0 Å². The second kappa shape index (κ2) is 7.21. The van der Waals surface area contributed by atoms with E-state index in [1.807, 2.05) is 13.8 Å². The summed E-state index contributed by atoms with van der Waals surface area (Å²) in [5.74, 6) is 0.0139. The largest absolute Gasteiger partial charge is 0.376 e. The van der Waals surface area contributed by atoms with Crippen molar-refractivity contribution in [1.29, 1.82) is 0 Å². The first kappa shape index (κ1) is 16.9. The molecule has 0 unspecified atom stereocenters. The van der Waals surface area contributed by atoms with Crippen LogP contribution in [-0.4, -0.2) is 73.7 Å². The lowest BCUT2D eigenvalue weighted by atomic mass is 10.0. The van der Waals surface area contributed by atoms with Gasteiger partial charge >= 0.3 is 0 Å². The number of carbonyl (C=O) groups is 1. The topological polar surface area (TPSA) is 76.7 Å². The van der Waals surface area contributed by atoms with Crippen LogP contribution in [0.4, 0.5) is 0 Å². The maximum Gasteiger partial charge on any atom is 0.227 e. The van der Waals surface area contributed by atoms with Gasteiger partial charge in [-0.05, 0) is 13.8 Å². The van der Waals surface area contributed by atoms with E-state index in [4.69, 9.17) is 14.2 Å². The van der Waals surface area contributed by atoms with Crippen molar-refractivity contribution in [3.63, 3.8) is 0 Å². The van der Waals surface area contributed by atoms with Gasteiger partial charge in [0.25, 0.3) is 0 Å². The summed E-state index contributed by atoms with van der Waals surface area (Å²) in [6.45, 7) is 4.75. The molecule has 0 saturated carbocycles. The lowest BCUT2D eigenvalue weighted by molar-refractivity contribution is -0.164.